The Morgan fingerprint density at radius 1 is 1.09 bits per heavy atom. The first kappa shape index (κ1) is 24.7. The Kier molecular flexibility index (Phi) is 7.62. The van der Waals surface area contributed by atoms with Gasteiger partial charge in [0.2, 0.25) is 0 Å². The van der Waals surface area contributed by atoms with Gasteiger partial charge in [0, 0.05) is 18.2 Å². The number of hydrogen-bond acceptors (Lipinski definition) is 6. The van der Waals surface area contributed by atoms with E-state index in [1.807, 2.05) is 6.07 Å². The Labute approximate surface area is 198 Å². The third-order valence-electron chi connectivity index (χ3n) is 7.09. The van der Waals surface area contributed by atoms with Gasteiger partial charge in [-0.05, 0) is 101 Å². The summed E-state index contributed by atoms with van der Waals surface area (Å²) in [6.45, 7) is 4.89. The lowest BCUT2D eigenvalue weighted by Crippen LogP contribution is -2.43. The SMILES string of the molecule is Cc1cc(N[C@@H]2CCCN(CCC3CCC(O)CC3)C2)nnc1-c1ccc(C(F)(F)F)cc1O. The van der Waals surface area contributed by atoms with E-state index in [4.69, 9.17) is 0 Å². The number of aliphatic hydroxyl groups is 1. The summed E-state index contributed by atoms with van der Waals surface area (Å²) in [7, 11) is 0. The molecule has 1 atom stereocenters. The lowest BCUT2D eigenvalue weighted by molar-refractivity contribution is -0.137. The van der Waals surface area contributed by atoms with Crippen LogP contribution in [0.4, 0.5) is 19.0 Å². The van der Waals surface area contributed by atoms with Crippen molar-refractivity contribution in [2.24, 2.45) is 5.92 Å². The number of phenolic OH excluding ortho intramolecular Hbond substituents is 1. The normalized spacial score (nSPS) is 24.2. The molecule has 2 aromatic rings. The topological polar surface area (TPSA) is 81.5 Å². The molecular weight excluding hydrogens is 445 g/mol. The van der Waals surface area contributed by atoms with Gasteiger partial charge in [-0.3, -0.25) is 0 Å². The molecule has 9 heteroatoms. The number of aromatic nitrogens is 2. The van der Waals surface area contributed by atoms with Crippen molar-refractivity contribution < 1.29 is 23.4 Å². The van der Waals surface area contributed by atoms with Crippen LogP contribution in [0.5, 0.6) is 5.75 Å². The zero-order chi connectivity index (χ0) is 24.3. The maximum absolute atomic E-state index is 12.9. The van der Waals surface area contributed by atoms with Crippen molar-refractivity contribution in [2.45, 2.75) is 70.2 Å². The third kappa shape index (κ3) is 6.18. The first-order valence-electron chi connectivity index (χ1n) is 12.1. The lowest BCUT2D eigenvalue weighted by atomic mass is 9.85. The first-order chi connectivity index (χ1) is 16.2. The molecule has 186 valence electrons. The van der Waals surface area contributed by atoms with E-state index >= 15 is 0 Å². The van der Waals surface area contributed by atoms with Crippen LogP contribution in [0.2, 0.25) is 0 Å². The maximum atomic E-state index is 12.9. The molecule has 1 saturated carbocycles. The Bertz CT molecular complexity index is 977. The number of nitrogens with one attached hydrogen (secondary N) is 1. The molecule has 2 heterocycles. The molecule has 2 aliphatic rings. The second-order valence-electron chi connectivity index (χ2n) is 9.74. The van der Waals surface area contributed by atoms with E-state index in [2.05, 4.69) is 20.4 Å². The van der Waals surface area contributed by atoms with Crippen LogP contribution in [0.15, 0.2) is 24.3 Å². The monoisotopic (exact) mass is 478 g/mol. The van der Waals surface area contributed by atoms with Gasteiger partial charge in [0.05, 0.1) is 17.4 Å². The minimum Gasteiger partial charge on any atom is -0.507 e. The summed E-state index contributed by atoms with van der Waals surface area (Å²) < 4.78 is 38.6. The van der Waals surface area contributed by atoms with E-state index in [1.54, 1.807) is 6.92 Å². The van der Waals surface area contributed by atoms with Gasteiger partial charge < -0.3 is 20.4 Å². The molecule has 0 spiro atoms. The summed E-state index contributed by atoms with van der Waals surface area (Å²) in [5, 5.41) is 31.7. The lowest BCUT2D eigenvalue weighted by Gasteiger charge is -2.35. The van der Waals surface area contributed by atoms with Crippen LogP contribution in [-0.4, -0.2) is 57.1 Å². The van der Waals surface area contributed by atoms with Crippen LogP contribution in [0.1, 0.15) is 56.1 Å². The largest absolute Gasteiger partial charge is 0.507 e. The molecule has 1 aromatic heterocycles. The van der Waals surface area contributed by atoms with Crippen molar-refractivity contribution in [1.82, 2.24) is 15.1 Å². The number of alkyl halides is 3. The summed E-state index contributed by atoms with van der Waals surface area (Å²) in [6.07, 6.45) is 2.76. The number of aromatic hydroxyl groups is 1. The second-order valence-corrected chi connectivity index (χ2v) is 9.74. The molecule has 0 unspecified atom stereocenters. The fourth-order valence-corrected chi connectivity index (χ4v) is 5.11. The summed E-state index contributed by atoms with van der Waals surface area (Å²) in [4.78, 5) is 2.49. The summed E-state index contributed by atoms with van der Waals surface area (Å²) >= 11 is 0. The number of hydrogen-bond donors (Lipinski definition) is 3. The van der Waals surface area contributed by atoms with Crippen LogP contribution >= 0.6 is 0 Å². The maximum Gasteiger partial charge on any atom is 0.416 e. The number of halogens is 3. The predicted molar refractivity (Wildman–Crippen MR) is 125 cm³/mol. The average Bonchev–Trinajstić information content (AvgIpc) is 2.79. The molecular formula is C25H33F3N4O2. The Hall–Kier alpha value is -2.39. The number of piperidine rings is 1. The minimum absolute atomic E-state index is 0.112. The highest BCUT2D eigenvalue weighted by atomic mass is 19.4. The first-order valence-corrected chi connectivity index (χ1v) is 12.1. The van der Waals surface area contributed by atoms with E-state index in [0.29, 0.717) is 23.5 Å². The van der Waals surface area contributed by atoms with Crippen molar-refractivity contribution in [1.29, 1.82) is 0 Å². The van der Waals surface area contributed by atoms with Crippen LogP contribution in [0.3, 0.4) is 0 Å². The fraction of sp³-hybridized carbons (Fsp3) is 0.600. The average molecular weight is 479 g/mol. The zero-order valence-electron chi connectivity index (χ0n) is 19.5. The van der Waals surface area contributed by atoms with Gasteiger partial charge in [-0.2, -0.15) is 13.2 Å². The molecule has 1 saturated heterocycles. The fourth-order valence-electron chi connectivity index (χ4n) is 5.11. The molecule has 0 amide bonds. The highest BCUT2D eigenvalue weighted by molar-refractivity contribution is 5.70. The van der Waals surface area contributed by atoms with Gasteiger partial charge in [0.25, 0.3) is 0 Å². The molecule has 0 radical (unpaired) electrons. The highest BCUT2D eigenvalue weighted by Gasteiger charge is 2.31. The van der Waals surface area contributed by atoms with E-state index in [1.165, 1.54) is 12.5 Å². The Balaban J connectivity index is 1.35. The summed E-state index contributed by atoms with van der Waals surface area (Å²) in [5.74, 6) is 0.864. The number of nitrogens with zero attached hydrogens (tertiary/aromatic N) is 3. The van der Waals surface area contributed by atoms with Crippen LogP contribution < -0.4 is 5.32 Å². The smallest absolute Gasteiger partial charge is 0.416 e. The number of benzene rings is 1. The molecule has 6 nitrogen and oxygen atoms in total. The van der Waals surface area contributed by atoms with E-state index in [-0.39, 0.29) is 17.7 Å². The molecule has 2 fully saturated rings. The van der Waals surface area contributed by atoms with Crippen LogP contribution in [0, 0.1) is 12.8 Å². The van der Waals surface area contributed by atoms with Gasteiger partial charge in [-0.15, -0.1) is 10.2 Å². The number of aryl methyl sites for hydroxylation is 1. The number of phenols is 1. The van der Waals surface area contributed by atoms with E-state index < -0.39 is 17.5 Å². The summed E-state index contributed by atoms with van der Waals surface area (Å²) in [6, 6.07) is 4.96. The van der Waals surface area contributed by atoms with Crippen molar-refractivity contribution in [3.63, 3.8) is 0 Å². The predicted octanol–water partition coefficient (Wildman–Crippen LogP) is 4.99. The van der Waals surface area contributed by atoms with Gasteiger partial charge >= 0.3 is 6.18 Å². The molecule has 3 N–H and O–H groups in total. The van der Waals surface area contributed by atoms with Crippen LogP contribution in [0.25, 0.3) is 11.3 Å². The highest BCUT2D eigenvalue weighted by Crippen LogP contribution is 2.37. The standard InChI is InChI=1S/C25H33F3N4O2/c1-16-13-23(30-31-24(16)21-9-6-18(14-22(21)34)25(26,27)28)29-19-3-2-11-32(15-19)12-10-17-4-7-20(33)8-5-17/h6,9,13-14,17,19-20,33-34H,2-5,7-8,10-12,15H2,1H3,(H,29,30)/t17?,19-,20?/m1/s1. The second kappa shape index (κ2) is 10.5. The quantitative estimate of drug-likeness (QED) is 0.543. The molecule has 34 heavy (non-hydrogen) atoms. The van der Waals surface area contributed by atoms with E-state index in [0.717, 1.165) is 69.8 Å². The zero-order valence-corrected chi connectivity index (χ0v) is 19.5. The Morgan fingerprint density at radius 3 is 2.53 bits per heavy atom. The van der Waals surface area contributed by atoms with E-state index in [9.17, 15) is 23.4 Å². The number of anilines is 1. The number of likely N-dealkylation sites (tertiary alicyclic amines) is 1. The van der Waals surface area contributed by atoms with Gasteiger partial charge in [0.1, 0.15) is 11.6 Å². The number of aliphatic hydroxyl groups excluding tert-OH is 1. The number of rotatable bonds is 6. The van der Waals surface area contributed by atoms with Gasteiger partial charge in [-0.25, -0.2) is 0 Å². The van der Waals surface area contributed by atoms with Crippen molar-refractivity contribution in [2.75, 3.05) is 25.0 Å². The van der Waals surface area contributed by atoms with Crippen molar-refractivity contribution in [3.05, 3.63) is 35.4 Å². The van der Waals surface area contributed by atoms with Gasteiger partial charge in [-0.1, -0.05) is 0 Å². The third-order valence-corrected chi connectivity index (χ3v) is 7.09. The molecule has 1 aliphatic heterocycles. The Morgan fingerprint density at radius 2 is 1.85 bits per heavy atom. The molecule has 0 bridgehead atoms. The van der Waals surface area contributed by atoms with Crippen molar-refractivity contribution >= 4 is 5.82 Å². The van der Waals surface area contributed by atoms with Crippen LogP contribution in [-0.2, 0) is 6.18 Å². The minimum atomic E-state index is -4.52. The van der Waals surface area contributed by atoms with Gasteiger partial charge in [0.15, 0.2) is 0 Å². The molecule has 4 rings (SSSR count). The molecule has 1 aromatic carbocycles. The molecule has 1 aliphatic carbocycles. The summed E-state index contributed by atoms with van der Waals surface area (Å²) in [5.41, 5.74) is 0.406. The van der Waals surface area contributed by atoms with Crippen molar-refractivity contribution in [3.8, 4) is 17.0 Å².